The average molecular weight is 206 g/mol. The quantitative estimate of drug-likeness (QED) is 0.789. The fourth-order valence-electron chi connectivity index (χ4n) is 1.42. The van der Waals surface area contributed by atoms with Crippen LogP contribution in [-0.4, -0.2) is 17.5 Å². The summed E-state index contributed by atoms with van der Waals surface area (Å²) in [5.41, 5.74) is 6.43. The van der Waals surface area contributed by atoms with E-state index in [2.05, 4.69) is 6.92 Å². The van der Waals surface area contributed by atoms with Gasteiger partial charge in [0, 0.05) is 13.1 Å². The van der Waals surface area contributed by atoms with Crippen LogP contribution in [0.15, 0.2) is 30.3 Å². The zero-order valence-corrected chi connectivity index (χ0v) is 9.15. The minimum Gasteiger partial charge on any atom is -0.351 e. The van der Waals surface area contributed by atoms with Gasteiger partial charge in [-0.1, -0.05) is 43.7 Å². The van der Waals surface area contributed by atoms with Gasteiger partial charge in [0.15, 0.2) is 0 Å². The van der Waals surface area contributed by atoms with Crippen molar-refractivity contribution >= 4 is 6.03 Å². The van der Waals surface area contributed by atoms with Crippen LogP contribution in [0.3, 0.4) is 0 Å². The predicted octanol–water partition coefficient (Wildman–Crippen LogP) is 2.37. The molecule has 1 aromatic carbocycles. The lowest BCUT2D eigenvalue weighted by Crippen LogP contribution is -2.35. The summed E-state index contributed by atoms with van der Waals surface area (Å²) in [7, 11) is 0. The second-order valence-corrected chi connectivity index (χ2v) is 3.60. The van der Waals surface area contributed by atoms with Gasteiger partial charge in [-0.2, -0.15) is 0 Å². The minimum atomic E-state index is -0.340. The normalized spacial score (nSPS) is 9.93. The van der Waals surface area contributed by atoms with Crippen molar-refractivity contribution in [3.8, 4) is 0 Å². The van der Waals surface area contributed by atoms with Crippen LogP contribution >= 0.6 is 0 Å². The fraction of sp³-hybridized carbons (Fsp3) is 0.417. The maximum Gasteiger partial charge on any atom is 0.315 e. The molecule has 15 heavy (non-hydrogen) atoms. The van der Waals surface area contributed by atoms with Gasteiger partial charge >= 0.3 is 6.03 Å². The number of unbranched alkanes of at least 4 members (excludes halogenated alkanes) is 1. The molecule has 0 radical (unpaired) electrons. The van der Waals surface area contributed by atoms with Crippen molar-refractivity contribution < 1.29 is 4.79 Å². The standard InChI is InChI=1S/C12H18N2O/c1-2-3-9-14(12(13)15)10-11-7-5-4-6-8-11/h4-8H,2-3,9-10H2,1H3,(H2,13,15). The Labute approximate surface area is 90.9 Å². The van der Waals surface area contributed by atoms with Crippen LogP contribution in [0.25, 0.3) is 0 Å². The molecule has 0 unspecified atom stereocenters. The summed E-state index contributed by atoms with van der Waals surface area (Å²) in [5.74, 6) is 0. The van der Waals surface area contributed by atoms with Crippen LogP contribution in [0.4, 0.5) is 4.79 Å². The maximum absolute atomic E-state index is 11.2. The molecule has 0 saturated carbocycles. The van der Waals surface area contributed by atoms with Crippen molar-refractivity contribution in [2.75, 3.05) is 6.54 Å². The highest BCUT2D eigenvalue weighted by Gasteiger charge is 2.08. The van der Waals surface area contributed by atoms with E-state index in [1.807, 2.05) is 30.3 Å². The third-order valence-corrected chi connectivity index (χ3v) is 2.31. The van der Waals surface area contributed by atoms with E-state index in [9.17, 15) is 4.79 Å². The highest BCUT2D eigenvalue weighted by Crippen LogP contribution is 2.05. The third-order valence-electron chi connectivity index (χ3n) is 2.31. The molecule has 1 aromatic rings. The molecule has 3 heteroatoms. The number of nitrogens with two attached hydrogens (primary N) is 1. The maximum atomic E-state index is 11.2. The Bertz CT molecular complexity index is 298. The average Bonchev–Trinajstić information content (AvgIpc) is 2.25. The number of primary amides is 1. The minimum absolute atomic E-state index is 0.340. The van der Waals surface area contributed by atoms with E-state index in [1.165, 1.54) is 0 Å². The molecule has 0 aromatic heterocycles. The lowest BCUT2D eigenvalue weighted by molar-refractivity contribution is 0.204. The molecule has 0 aliphatic heterocycles. The molecule has 82 valence electrons. The molecule has 0 fully saturated rings. The molecule has 2 amide bonds. The molecule has 0 saturated heterocycles. The lowest BCUT2D eigenvalue weighted by Gasteiger charge is -2.19. The van der Waals surface area contributed by atoms with Crippen LogP contribution in [0.5, 0.6) is 0 Å². The second kappa shape index (κ2) is 6.06. The topological polar surface area (TPSA) is 46.3 Å². The Morgan fingerprint density at radius 2 is 2.00 bits per heavy atom. The number of rotatable bonds is 5. The number of urea groups is 1. The van der Waals surface area contributed by atoms with E-state index in [-0.39, 0.29) is 6.03 Å². The van der Waals surface area contributed by atoms with E-state index in [1.54, 1.807) is 4.90 Å². The number of amides is 2. The molecular formula is C12H18N2O. The summed E-state index contributed by atoms with van der Waals surface area (Å²) < 4.78 is 0. The summed E-state index contributed by atoms with van der Waals surface area (Å²) in [6.07, 6.45) is 2.06. The number of benzene rings is 1. The van der Waals surface area contributed by atoms with Crippen LogP contribution in [0, 0.1) is 0 Å². The zero-order chi connectivity index (χ0) is 11.1. The second-order valence-electron chi connectivity index (χ2n) is 3.60. The van der Waals surface area contributed by atoms with Gasteiger partial charge < -0.3 is 10.6 Å². The van der Waals surface area contributed by atoms with Crippen LogP contribution in [0.2, 0.25) is 0 Å². The molecule has 0 aliphatic rings. The van der Waals surface area contributed by atoms with Gasteiger partial charge in [-0.15, -0.1) is 0 Å². The Balaban J connectivity index is 2.55. The Hall–Kier alpha value is -1.51. The Kier molecular flexibility index (Phi) is 4.68. The van der Waals surface area contributed by atoms with Gasteiger partial charge in [-0.05, 0) is 12.0 Å². The van der Waals surface area contributed by atoms with Crippen LogP contribution in [-0.2, 0) is 6.54 Å². The largest absolute Gasteiger partial charge is 0.351 e. The molecule has 1 rings (SSSR count). The summed E-state index contributed by atoms with van der Waals surface area (Å²) in [6.45, 7) is 3.44. The Morgan fingerprint density at radius 1 is 1.33 bits per heavy atom. The third kappa shape index (κ3) is 4.02. The molecule has 2 N–H and O–H groups in total. The van der Waals surface area contributed by atoms with E-state index >= 15 is 0 Å². The van der Waals surface area contributed by atoms with Crippen molar-refractivity contribution in [1.82, 2.24) is 4.90 Å². The van der Waals surface area contributed by atoms with Gasteiger partial charge in [-0.3, -0.25) is 0 Å². The van der Waals surface area contributed by atoms with Gasteiger partial charge in [-0.25, -0.2) is 4.79 Å². The summed E-state index contributed by atoms with van der Waals surface area (Å²) in [4.78, 5) is 12.8. The van der Waals surface area contributed by atoms with Crippen molar-refractivity contribution in [3.63, 3.8) is 0 Å². The molecular weight excluding hydrogens is 188 g/mol. The van der Waals surface area contributed by atoms with Crippen LogP contribution in [0.1, 0.15) is 25.3 Å². The summed E-state index contributed by atoms with van der Waals surface area (Å²) >= 11 is 0. The van der Waals surface area contributed by atoms with E-state index in [4.69, 9.17) is 5.73 Å². The molecule has 0 heterocycles. The molecule has 0 aliphatic carbocycles. The number of carbonyl (C=O) groups is 1. The van der Waals surface area contributed by atoms with E-state index in [0.29, 0.717) is 6.54 Å². The van der Waals surface area contributed by atoms with Gasteiger partial charge in [0.05, 0.1) is 0 Å². The van der Waals surface area contributed by atoms with Crippen molar-refractivity contribution in [2.45, 2.75) is 26.3 Å². The highest BCUT2D eigenvalue weighted by molar-refractivity contribution is 5.71. The van der Waals surface area contributed by atoms with Crippen molar-refractivity contribution in [3.05, 3.63) is 35.9 Å². The van der Waals surface area contributed by atoms with Crippen molar-refractivity contribution in [2.24, 2.45) is 5.73 Å². The predicted molar refractivity (Wildman–Crippen MR) is 61.3 cm³/mol. The first kappa shape index (κ1) is 11.6. The van der Waals surface area contributed by atoms with Gasteiger partial charge in [0.2, 0.25) is 0 Å². The highest BCUT2D eigenvalue weighted by atomic mass is 16.2. The number of hydrogen-bond acceptors (Lipinski definition) is 1. The fourth-order valence-corrected chi connectivity index (χ4v) is 1.42. The number of carbonyl (C=O) groups excluding carboxylic acids is 1. The van der Waals surface area contributed by atoms with Gasteiger partial charge in [0.25, 0.3) is 0 Å². The first-order chi connectivity index (χ1) is 7.24. The van der Waals surface area contributed by atoms with Crippen LogP contribution < -0.4 is 5.73 Å². The zero-order valence-electron chi connectivity index (χ0n) is 9.15. The van der Waals surface area contributed by atoms with E-state index in [0.717, 1.165) is 24.9 Å². The first-order valence-electron chi connectivity index (χ1n) is 5.32. The molecule has 0 spiro atoms. The Morgan fingerprint density at radius 3 is 2.53 bits per heavy atom. The molecule has 0 atom stereocenters. The van der Waals surface area contributed by atoms with Gasteiger partial charge in [0.1, 0.15) is 0 Å². The lowest BCUT2D eigenvalue weighted by atomic mass is 10.2. The van der Waals surface area contributed by atoms with Crippen molar-refractivity contribution in [1.29, 1.82) is 0 Å². The summed E-state index contributed by atoms with van der Waals surface area (Å²) in [6, 6.07) is 9.56. The molecule has 3 nitrogen and oxygen atoms in total. The monoisotopic (exact) mass is 206 g/mol. The first-order valence-corrected chi connectivity index (χ1v) is 5.32. The molecule has 0 bridgehead atoms. The SMILES string of the molecule is CCCCN(Cc1ccccc1)C(N)=O. The summed E-state index contributed by atoms with van der Waals surface area (Å²) in [5, 5.41) is 0. The number of hydrogen-bond donors (Lipinski definition) is 1. The smallest absolute Gasteiger partial charge is 0.315 e. The number of nitrogens with zero attached hydrogens (tertiary/aromatic N) is 1. The van der Waals surface area contributed by atoms with E-state index < -0.39 is 0 Å².